The minimum absolute atomic E-state index is 0.158. The molecule has 0 bridgehead atoms. The van der Waals surface area contributed by atoms with Gasteiger partial charge < -0.3 is 15.4 Å². The number of nitrogens with one attached hydrogen (secondary N) is 1. The Morgan fingerprint density at radius 2 is 1.89 bits per heavy atom. The summed E-state index contributed by atoms with van der Waals surface area (Å²) in [5.74, 6) is 0.00805. The second kappa shape index (κ2) is 9.99. The lowest BCUT2D eigenvalue weighted by Gasteiger charge is -2.32. The van der Waals surface area contributed by atoms with Crippen LogP contribution in [0.5, 0.6) is 0 Å². The van der Waals surface area contributed by atoms with Gasteiger partial charge in [-0.2, -0.15) is 0 Å². The topological polar surface area (TPSA) is 92.3 Å². The number of piperidine rings is 1. The van der Waals surface area contributed by atoms with Gasteiger partial charge in [0.25, 0.3) is 0 Å². The first-order chi connectivity index (χ1) is 13.6. The smallest absolute Gasteiger partial charge is 0.313 e. The van der Waals surface area contributed by atoms with E-state index in [0.29, 0.717) is 5.92 Å². The molecule has 1 aromatic heterocycles. The lowest BCUT2D eigenvalue weighted by molar-refractivity contribution is -0.143. The minimum atomic E-state index is -0.463. The highest BCUT2D eigenvalue weighted by molar-refractivity contribution is 5.94. The van der Waals surface area contributed by atoms with Crippen molar-refractivity contribution in [2.45, 2.75) is 38.2 Å². The molecule has 0 saturated carbocycles. The van der Waals surface area contributed by atoms with E-state index in [1.54, 1.807) is 0 Å². The van der Waals surface area contributed by atoms with Crippen LogP contribution in [0.2, 0.25) is 0 Å². The van der Waals surface area contributed by atoms with E-state index in [2.05, 4.69) is 34.1 Å². The molecule has 148 valence electrons. The van der Waals surface area contributed by atoms with Crippen LogP contribution in [0.1, 0.15) is 41.9 Å². The van der Waals surface area contributed by atoms with Gasteiger partial charge in [0.15, 0.2) is 0 Å². The molecule has 0 radical (unpaired) electrons. The van der Waals surface area contributed by atoms with Crippen molar-refractivity contribution >= 4 is 11.8 Å². The fourth-order valence-corrected chi connectivity index (χ4v) is 3.66. The number of amidine groups is 1. The normalized spacial score (nSPS) is 15.3. The van der Waals surface area contributed by atoms with E-state index < -0.39 is 5.97 Å². The molecule has 6 heteroatoms. The molecule has 6 nitrogen and oxygen atoms in total. The van der Waals surface area contributed by atoms with Gasteiger partial charge in [-0.1, -0.05) is 24.3 Å². The molecule has 28 heavy (non-hydrogen) atoms. The van der Waals surface area contributed by atoms with Crippen molar-refractivity contribution in [2.24, 2.45) is 5.73 Å². The van der Waals surface area contributed by atoms with Crippen LogP contribution >= 0.6 is 0 Å². The molecule has 2 heterocycles. The number of aromatic nitrogens is 1. The fraction of sp³-hybridized carbons (Fsp3) is 0.409. The molecule has 1 aliphatic heterocycles. The fourth-order valence-electron chi connectivity index (χ4n) is 3.66. The van der Waals surface area contributed by atoms with Gasteiger partial charge >= 0.3 is 5.97 Å². The van der Waals surface area contributed by atoms with E-state index in [9.17, 15) is 4.79 Å². The number of carbonyl (C=O) groups excluding carboxylic acids is 1. The van der Waals surface area contributed by atoms with Crippen LogP contribution in [-0.2, 0) is 22.6 Å². The van der Waals surface area contributed by atoms with Crippen LogP contribution in [-0.4, -0.2) is 41.3 Å². The summed E-state index contributed by atoms with van der Waals surface area (Å²) in [5, 5.41) is 7.12. The van der Waals surface area contributed by atoms with Gasteiger partial charge in [-0.15, -0.1) is 0 Å². The van der Waals surface area contributed by atoms with Gasteiger partial charge in [-0.25, -0.2) is 0 Å². The van der Waals surface area contributed by atoms with Crippen molar-refractivity contribution in [1.29, 1.82) is 5.41 Å². The number of pyridine rings is 1. The Morgan fingerprint density at radius 3 is 2.61 bits per heavy atom. The number of nitrogens with zero attached hydrogens (tertiary/aromatic N) is 2. The van der Waals surface area contributed by atoms with E-state index in [1.165, 1.54) is 24.0 Å². The van der Waals surface area contributed by atoms with Gasteiger partial charge in [0.2, 0.25) is 0 Å². The highest BCUT2D eigenvalue weighted by atomic mass is 16.5. The first kappa shape index (κ1) is 20.0. The summed E-state index contributed by atoms with van der Waals surface area (Å²) in [6.45, 7) is 3.50. The third kappa shape index (κ3) is 6.16. The monoisotopic (exact) mass is 380 g/mol. The Bertz CT molecular complexity index is 786. The highest BCUT2D eigenvalue weighted by Gasteiger charge is 2.20. The lowest BCUT2D eigenvalue weighted by atomic mass is 9.90. The third-order valence-electron chi connectivity index (χ3n) is 5.21. The van der Waals surface area contributed by atoms with E-state index in [4.69, 9.17) is 15.9 Å². The summed E-state index contributed by atoms with van der Waals surface area (Å²) in [7, 11) is 0. The zero-order valence-electron chi connectivity index (χ0n) is 16.1. The van der Waals surface area contributed by atoms with Gasteiger partial charge in [0.05, 0.1) is 0 Å². The molecule has 0 aliphatic carbocycles. The number of rotatable bonds is 8. The highest BCUT2D eigenvalue weighted by Crippen LogP contribution is 2.27. The number of benzene rings is 1. The van der Waals surface area contributed by atoms with Crippen LogP contribution in [0.25, 0.3) is 0 Å². The van der Waals surface area contributed by atoms with Crippen LogP contribution in [0.15, 0.2) is 48.8 Å². The number of likely N-dealkylation sites (tertiary alicyclic amines) is 1. The number of ether oxygens (including phenoxy) is 1. The van der Waals surface area contributed by atoms with Crippen LogP contribution < -0.4 is 5.73 Å². The Balaban J connectivity index is 1.43. The van der Waals surface area contributed by atoms with Gasteiger partial charge in [-0.05, 0) is 67.1 Å². The van der Waals surface area contributed by atoms with Crippen LogP contribution in [0, 0.1) is 5.41 Å². The molecule has 0 amide bonds. The van der Waals surface area contributed by atoms with Gasteiger partial charge in [0, 0.05) is 18.9 Å². The maximum atomic E-state index is 11.5. The number of esters is 1. The number of hydrogen-bond acceptors (Lipinski definition) is 5. The molecule has 0 unspecified atom stereocenters. The first-order valence-corrected chi connectivity index (χ1v) is 9.79. The lowest BCUT2D eigenvalue weighted by Crippen LogP contribution is -2.34. The predicted molar refractivity (Wildman–Crippen MR) is 109 cm³/mol. The molecular weight excluding hydrogens is 352 g/mol. The van der Waals surface area contributed by atoms with Crippen molar-refractivity contribution in [2.75, 3.05) is 19.6 Å². The Labute approximate surface area is 166 Å². The van der Waals surface area contributed by atoms with Gasteiger partial charge in [0.1, 0.15) is 18.9 Å². The average Bonchev–Trinajstić information content (AvgIpc) is 2.72. The Hall–Kier alpha value is -2.73. The predicted octanol–water partition coefficient (Wildman–Crippen LogP) is 2.87. The zero-order chi connectivity index (χ0) is 19.8. The SMILES string of the molecule is N=C(N)CC(=O)OCc1cccc(CCN2CCC(c3ccncc3)CC2)c1. The van der Waals surface area contributed by atoms with E-state index in [-0.39, 0.29) is 18.9 Å². The quantitative estimate of drug-likeness (QED) is 0.417. The molecule has 3 rings (SSSR count). The molecule has 2 aromatic rings. The van der Waals surface area contributed by atoms with E-state index >= 15 is 0 Å². The zero-order valence-corrected chi connectivity index (χ0v) is 16.1. The van der Waals surface area contributed by atoms with Crippen molar-refractivity contribution in [3.05, 3.63) is 65.5 Å². The number of hydrogen-bond donors (Lipinski definition) is 2. The molecule has 0 atom stereocenters. The summed E-state index contributed by atoms with van der Waals surface area (Å²) in [4.78, 5) is 18.2. The molecular formula is C22H28N4O2. The Morgan fingerprint density at radius 1 is 1.18 bits per heavy atom. The summed E-state index contributed by atoms with van der Waals surface area (Å²) in [5.41, 5.74) is 8.83. The second-order valence-electron chi connectivity index (χ2n) is 7.33. The number of nitrogens with two attached hydrogens (primary N) is 1. The van der Waals surface area contributed by atoms with Crippen molar-refractivity contribution in [3.63, 3.8) is 0 Å². The van der Waals surface area contributed by atoms with Crippen molar-refractivity contribution in [3.8, 4) is 0 Å². The van der Waals surface area contributed by atoms with Crippen molar-refractivity contribution < 1.29 is 9.53 Å². The standard InChI is InChI=1S/C22H28N4O2/c23-21(24)15-22(27)28-16-18-3-1-2-17(14-18)6-11-26-12-7-20(8-13-26)19-4-9-25-10-5-19/h1-5,9-10,14,20H,6-8,11-13,15-16H2,(H3,23,24). The number of carbonyl (C=O) groups is 1. The van der Waals surface area contributed by atoms with E-state index in [0.717, 1.165) is 31.6 Å². The summed E-state index contributed by atoms with van der Waals surface area (Å²) >= 11 is 0. The minimum Gasteiger partial charge on any atom is -0.460 e. The molecule has 3 N–H and O–H groups in total. The molecule has 0 spiro atoms. The molecule has 1 saturated heterocycles. The van der Waals surface area contributed by atoms with Crippen molar-refractivity contribution in [1.82, 2.24) is 9.88 Å². The summed E-state index contributed by atoms with van der Waals surface area (Å²) in [6.07, 6.45) is 6.97. The average molecular weight is 380 g/mol. The molecule has 1 aromatic carbocycles. The van der Waals surface area contributed by atoms with Gasteiger partial charge in [-0.3, -0.25) is 15.2 Å². The first-order valence-electron chi connectivity index (χ1n) is 9.79. The maximum absolute atomic E-state index is 11.5. The second-order valence-corrected chi connectivity index (χ2v) is 7.33. The summed E-state index contributed by atoms with van der Waals surface area (Å²) < 4.78 is 5.17. The molecule has 1 fully saturated rings. The van der Waals surface area contributed by atoms with Crippen LogP contribution in [0.4, 0.5) is 0 Å². The summed E-state index contributed by atoms with van der Waals surface area (Å²) in [6, 6.07) is 12.4. The third-order valence-corrected chi connectivity index (χ3v) is 5.21. The molecule has 1 aliphatic rings. The maximum Gasteiger partial charge on any atom is 0.313 e. The largest absolute Gasteiger partial charge is 0.460 e. The van der Waals surface area contributed by atoms with Crippen LogP contribution in [0.3, 0.4) is 0 Å². The Kier molecular flexibility index (Phi) is 7.14. The van der Waals surface area contributed by atoms with E-state index in [1.807, 2.05) is 24.5 Å².